The Morgan fingerprint density at radius 1 is 1.50 bits per heavy atom. The third kappa shape index (κ3) is 2.09. The van der Waals surface area contributed by atoms with E-state index in [0.717, 1.165) is 18.6 Å². The number of allylic oxidation sites excluding steroid dienone is 2. The molecule has 1 rings (SSSR count). The fraction of sp³-hybridized carbons (Fsp3) is 0.333. The lowest BCUT2D eigenvalue weighted by Gasteiger charge is -1.85. The summed E-state index contributed by atoms with van der Waals surface area (Å²) in [4.78, 5) is 0. The van der Waals surface area contributed by atoms with Crippen LogP contribution in [0, 0.1) is 0 Å². The van der Waals surface area contributed by atoms with Gasteiger partial charge < -0.3 is 4.42 Å². The Morgan fingerprint density at radius 2 is 2.40 bits per heavy atom. The predicted octanol–water partition coefficient (Wildman–Crippen LogP) is 2.79. The van der Waals surface area contributed by atoms with Crippen LogP contribution in [-0.2, 0) is 6.42 Å². The lowest BCUT2D eigenvalue weighted by Crippen LogP contribution is -1.72. The van der Waals surface area contributed by atoms with Gasteiger partial charge in [-0.15, -0.1) is 0 Å². The molecule has 0 N–H and O–H groups in total. The summed E-state index contributed by atoms with van der Waals surface area (Å²) in [6, 6.07) is 3.90. The first-order chi connectivity index (χ1) is 4.93. The molecule has 0 aromatic carbocycles. The molecular weight excluding hydrogens is 124 g/mol. The zero-order valence-electron chi connectivity index (χ0n) is 6.21. The van der Waals surface area contributed by atoms with Crippen molar-refractivity contribution in [1.29, 1.82) is 0 Å². The highest BCUT2D eigenvalue weighted by Crippen LogP contribution is 2.01. The Kier molecular flexibility index (Phi) is 2.81. The molecule has 1 aromatic rings. The van der Waals surface area contributed by atoms with Crippen molar-refractivity contribution in [2.24, 2.45) is 0 Å². The number of hydrogen-bond donors (Lipinski definition) is 0. The quantitative estimate of drug-likeness (QED) is 0.582. The average Bonchev–Trinajstić information content (AvgIpc) is 2.41. The summed E-state index contributed by atoms with van der Waals surface area (Å²) >= 11 is 0. The van der Waals surface area contributed by atoms with Crippen LogP contribution in [0.2, 0.25) is 0 Å². The molecule has 1 heteroatoms. The second-order valence-electron chi connectivity index (χ2n) is 2.16. The van der Waals surface area contributed by atoms with Crippen molar-refractivity contribution in [3.63, 3.8) is 0 Å². The summed E-state index contributed by atoms with van der Waals surface area (Å²) in [5.41, 5.74) is 0. The monoisotopic (exact) mass is 136 g/mol. The first-order valence-corrected chi connectivity index (χ1v) is 3.61. The van der Waals surface area contributed by atoms with Gasteiger partial charge in [0, 0.05) is 6.42 Å². The second kappa shape index (κ2) is 3.94. The van der Waals surface area contributed by atoms with E-state index in [1.807, 2.05) is 12.1 Å². The van der Waals surface area contributed by atoms with Gasteiger partial charge in [0.25, 0.3) is 0 Å². The predicted molar refractivity (Wildman–Crippen MR) is 41.8 cm³/mol. The van der Waals surface area contributed by atoms with Crippen LogP contribution in [0.25, 0.3) is 0 Å². The smallest absolute Gasteiger partial charge is 0.107 e. The van der Waals surface area contributed by atoms with Gasteiger partial charge in [-0.2, -0.15) is 0 Å². The lowest BCUT2D eigenvalue weighted by molar-refractivity contribution is 0.523. The average molecular weight is 136 g/mol. The number of rotatable bonds is 3. The highest BCUT2D eigenvalue weighted by molar-refractivity contribution is 5.03. The molecule has 0 atom stereocenters. The van der Waals surface area contributed by atoms with E-state index < -0.39 is 0 Å². The summed E-state index contributed by atoms with van der Waals surface area (Å²) < 4.78 is 5.13. The highest BCUT2D eigenvalue weighted by Gasteiger charge is 1.87. The fourth-order valence-electron chi connectivity index (χ4n) is 0.795. The molecular formula is C9H12O. The van der Waals surface area contributed by atoms with Crippen molar-refractivity contribution >= 4 is 0 Å². The third-order valence-electron chi connectivity index (χ3n) is 1.30. The second-order valence-corrected chi connectivity index (χ2v) is 2.16. The zero-order valence-corrected chi connectivity index (χ0v) is 6.21. The van der Waals surface area contributed by atoms with Crippen molar-refractivity contribution in [2.45, 2.75) is 19.8 Å². The van der Waals surface area contributed by atoms with Crippen LogP contribution in [-0.4, -0.2) is 0 Å². The summed E-state index contributed by atoms with van der Waals surface area (Å²) in [6.07, 6.45) is 7.98. The number of hydrogen-bond acceptors (Lipinski definition) is 1. The largest absolute Gasteiger partial charge is 0.469 e. The van der Waals surface area contributed by atoms with E-state index in [1.165, 1.54) is 0 Å². The van der Waals surface area contributed by atoms with Crippen molar-refractivity contribution in [1.82, 2.24) is 0 Å². The van der Waals surface area contributed by atoms with Gasteiger partial charge in [0.2, 0.25) is 0 Å². The molecule has 1 heterocycles. The van der Waals surface area contributed by atoms with Gasteiger partial charge in [0.15, 0.2) is 0 Å². The molecule has 0 aliphatic heterocycles. The van der Waals surface area contributed by atoms with E-state index in [2.05, 4.69) is 19.1 Å². The maximum atomic E-state index is 5.13. The molecule has 0 amide bonds. The van der Waals surface area contributed by atoms with E-state index in [4.69, 9.17) is 4.42 Å². The van der Waals surface area contributed by atoms with E-state index in [0.29, 0.717) is 0 Å². The van der Waals surface area contributed by atoms with Crippen LogP contribution in [0.15, 0.2) is 35.0 Å². The molecule has 0 aliphatic rings. The molecule has 54 valence electrons. The Morgan fingerprint density at radius 3 is 3.00 bits per heavy atom. The van der Waals surface area contributed by atoms with E-state index in [1.54, 1.807) is 6.26 Å². The molecule has 0 unspecified atom stereocenters. The molecule has 0 spiro atoms. The van der Waals surface area contributed by atoms with Gasteiger partial charge in [-0.1, -0.05) is 19.1 Å². The van der Waals surface area contributed by atoms with Gasteiger partial charge in [-0.25, -0.2) is 0 Å². The minimum absolute atomic E-state index is 0.918. The van der Waals surface area contributed by atoms with Gasteiger partial charge >= 0.3 is 0 Å². The molecule has 0 bridgehead atoms. The lowest BCUT2D eigenvalue weighted by atomic mass is 10.3. The Labute approximate surface area is 61.4 Å². The normalized spacial score (nSPS) is 10.9. The first kappa shape index (κ1) is 7.13. The van der Waals surface area contributed by atoms with Crippen molar-refractivity contribution in [3.8, 4) is 0 Å². The maximum absolute atomic E-state index is 5.13. The van der Waals surface area contributed by atoms with Crippen molar-refractivity contribution < 1.29 is 4.42 Å². The molecule has 0 saturated carbocycles. The van der Waals surface area contributed by atoms with Crippen LogP contribution in [0.5, 0.6) is 0 Å². The van der Waals surface area contributed by atoms with Crippen LogP contribution in [0.3, 0.4) is 0 Å². The van der Waals surface area contributed by atoms with E-state index in [9.17, 15) is 0 Å². The van der Waals surface area contributed by atoms with Crippen molar-refractivity contribution in [2.75, 3.05) is 0 Å². The molecule has 0 aliphatic carbocycles. The zero-order chi connectivity index (χ0) is 7.23. The summed E-state index contributed by atoms with van der Waals surface area (Å²) in [5.74, 6) is 1.03. The van der Waals surface area contributed by atoms with Gasteiger partial charge in [0.1, 0.15) is 5.76 Å². The topological polar surface area (TPSA) is 13.1 Å². The molecule has 0 saturated heterocycles. The maximum Gasteiger partial charge on any atom is 0.107 e. The fourth-order valence-corrected chi connectivity index (χ4v) is 0.795. The molecule has 1 aromatic heterocycles. The van der Waals surface area contributed by atoms with Gasteiger partial charge in [-0.05, 0) is 18.6 Å². The Balaban J connectivity index is 2.34. The first-order valence-electron chi connectivity index (χ1n) is 3.61. The van der Waals surface area contributed by atoms with E-state index >= 15 is 0 Å². The van der Waals surface area contributed by atoms with Crippen LogP contribution in [0.4, 0.5) is 0 Å². The SMILES string of the molecule is CCC=CCc1ccco1. The number of furan rings is 1. The summed E-state index contributed by atoms with van der Waals surface area (Å²) in [6.45, 7) is 2.12. The Bertz CT molecular complexity index is 185. The van der Waals surface area contributed by atoms with Crippen LogP contribution in [0.1, 0.15) is 19.1 Å². The van der Waals surface area contributed by atoms with Gasteiger partial charge in [-0.3, -0.25) is 0 Å². The highest BCUT2D eigenvalue weighted by atomic mass is 16.3. The van der Waals surface area contributed by atoms with Crippen LogP contribution >= 0.6 is 0 Å². The summed E-state index contributed by atoms with van der Waals surface area (Å²) in [5, 5.41) is 0. The van der Waals surface area contributed by atoms with Crippen LogP contribution < -0.4 is 0 Å². The van der Waals surface area contributed by atoms with Gasteiger partial charge in [0.05, 0.1) is 6.26 Å². The van der Waals surface area contributed by atoms with Crippen molar-refractivity contribution in [3.05, 3.63) is 36.3 Å². The van der Waals surface area contributed by atoms with E-state index in [-0.39, 0.29) is 0 Å². The third-order valence-corrected chi connectivity index (χ3v) is 1.30. The molecule has 10 heavy (non-hydrogen) atoms. The standard InChI is InChI=1S/C9H12O/c1-2-3-4-6-9-7-5-8-10-9/h3-5,7-8H,2,6H2,1H3. The summed E-state index contributed by atoms with van der Waals surface area (Å²) in [7, 11) is 0. The Hall–Kier alpha value is -0.980. The molecule has 1 nitrogen and oxygen atoms in total. The molecule has 0 fully saturated rings. The molecule has 0 radical (unpaired) electrons. The minimum Gasteiger partial charge on any atom is -0.469 e. The minimum atomic E-state index is 0.918.